The van der Waals surface area contributed by atoms with Crippen LogP contribution in [0.15, 0.2) is 17.5 Å². The zero-order valence-corrected chi connectivity index (χ0v) is 14.0. The predicted molar refractivity (Wildman–Crippen MR) is 84.0 cm³/mol. The van der Waals surface area contributed by atoms with Crippen molar-refractivity contribution in [3.63, 3.8) is 0 Å². The average Bonchev–Trinajstić information content (AvgIpc) is 2.77. The van der Waals surface area contributed by atoms with Gasteiger partial charge in [0.15, 0.2) is 0 Å². The molecule has 0 bridgehead atoms. The van der Waals surface area contributed by atoms with Crippen molar-refractivity contribution in [1.29, 1.82) is 0 Å². The van der Waals surface area contributed by atoms with Gasteiger partial charge >= 0.3 is 0 Å². The highest BCUT2D eigenvalue weighted by atomic mass is 32.1. The molecule has 1 aromatic rings. The topological polar surface area (TPSA) is 78.4 Å². The molecule has 0 spiro atoms. The number of aliphatic hydroxyl groups is 1. The normalized spacial score (nSPS) is 13.6. The first-order chi connectivity index (χ1) is 9.53. The fourth-order valence-electron chi connectivity index (χ4n) is 1.70. The highest BCUT2D eigenvalue weighted by molar-refractivity contribution is 7.10. The molecule has 6 heteroatoms. The molecule has 0 aliphatic rings. The summed E-state index contributed by atoms with van der Waals surface area (Å²) in [6, 6.07) is 3.42. The van der Waals surface area contributed by atoms with Crippen LogP contribution in [-0.4, -0.2) is 28.1 Å². The quantitative estimate of drug-likeness (QED) is 0.751. The maximum Gasteiger partial charge on any atom is 0.222 e. The van der Waals surface area contributed by atoms with Crippen LogP contribution in [0.5, 0.6) is 0 Å². The van der Waals surface area contributed by atoms with Crippen LogP contribution in [0.3, 0.4) is 0 Å². The molecule has 0 aliphatic carbocycles. The van der Waals surface area contributed by atoms with Crippen LogP contribution in [0.25, 0.3) is 0 Å². The number of carbonyl (C=O) groups is 2. The monoisotopic (exact) mass is 312 g/mol. The Labute approximate surface area is 129 Å². The second kappa shape index (κ2) is 6.58. The van der Waals surface area contributed by atoms with Crippen molar-refractivity contribution in [2.45, 2.75) is 58.2 Å². The predicted octanol–water partition coefficient (Wildman–Crippen LogP) is 1.98. The Morgan fingerprint density at radius 3 is 2.38 bits per heavy atom. The lowest BCUT2D eigenvalue weighted by Crippen LogP contribution is -2.58. The van der Waals surface area contributed by atoms with E-state index in [0.717, 1.165) is 4.88 Å². The van der Waals surface area contributed by atoms with Crippen LogP contribution >= 0.6 is 11.3 Å². The summed E-state index contributed by atoms with van der Waals surface area (Å²) >= 11 is 1.49. The SMILES string of the molecule is CC(=O)NC(CC(=O)NC(C)(C)C(C)(C)O)c1cccs1. The van der Waals surface area contributed by atoms with Gasteiger partial charge in [-0.1, -0.05) is 6.07 Å². The van der Waals surface area contributed by atoms with Crippen molar-refractivity contribution in [2.24, 2.45) is 0 Å². The van der Waals surface area contributed by atoms with Crippen LogP contribution in [0.1, 0.15) is 52.0 Å². The molecule has 0 fully saturated rings. The molecule has 1 atom stereocenters. The molecule has 0 radical (unpaired) electrons. The number of hydrogen-bond acceptors (Lipinski definition) is 4. The van der Waals surface area contributed by atoms with Gasteiger partial charge in [0, 0.05) is 11.8 Å². The Hall–Kier alpha value is -1.40. The molecule has 0 saturated carbocycles. The summed E-state index contributed by atoms with van der Waals surface area (Å²) in [4.78, 5) is 24.5. The van der Waals surface area contributed by atoms with E-state index >= 15 is 0 Å². The molecule has 1 rings (SSSR count). The van der Waals surface area contributed by atoms with E-state index in [0.29, 0.717) is 0 Å². The second-order valence-electron chi connectivity index (χ2n) is 6.20. The van der Waals surface area contributed by atoms with Crippen molar-refractivity contribution in [1.82, 2.24) is 10.6 Å². The largest absolute Gasteiger partial charge is 0.388 e. The summed E-state index contributed by atoms with van der Waals surface area (Å²) < 4.78 is 0. The van der Waals surface area contributed by atoms with Crippen molar-refractivity contribution in [3.8, 4) is 0 Å². The Bertz CT molecular complexity index is 490. The summed E-state index contributed by atoms with van der Waals surface area (Å²) in [5.74, 6) is -0.391. The van der Waals surface area contributed by atoms with E-state index in [4.69, 9.17) is 0 Å². The Morgan fingerprint density at radius 1 is 1.33 bits per heavy atom. The van der Waals surface area contributed by atoms with Crippen molar-refractivity contribution >= 4 is 23.2 Å². The molecule has 5 nitrogen and oxygen atoms in total. The van der Waals surface area contributed by atoms with Crippen LogP contribution < -0.4 is 10.6 Å². The number of rotatable bonds is 6. The summed E-state index contributed by atoms with van der Waals surface area (Å²) in [5, 5.41) is 17.6. The lowest BCUT2D eigenvalue weighted by Gasteiger charge is -2.38. The van der Waals surface area contributed by atoms with E-state index in [1.165, 1.54) is 18.3 Å². The van der Waals surface area contributed by atoms with E-state index in [1.54, 1.807) is 27.7 Å². The van der Waals surface area contributed by atoms with Gasteiger partial charge in [-0.05, 0) is 39.1 Å². The van der Waals surface area contributed by atoms with Gasteiger partial charge in [-0.25, -0.2) is 0 Å². The molecule has 2 amide bonds. The van der Waals surface area contributed by atoms with Gasteiger partial charge in [0.2, 0.25) is 11.8 Å². The Morgan fingerprint density at radius 2 is 1.95 bits per heavy atom. The third kappa shape index (κ3) is 5.13. The van der Waals surface area contributed by atoms with Crippen LogP contribution in [0.2, 0.25) is 0 Å². The van der Waals surface area contributed by atoms with Gasteiger partial charge in [0.1, 0.15) is 0 Å². The first-order valence-corrected chi connectivity index (χ1v) is 7.75. The van der Waals surface area contributed by atoms with Gasteiger partial charge in [-0.3, -0.25) is 9.59 Å². The number of amides is 2. The van der Waals surface area contributed by atoms with E-state index in [-0.39, 0.29) is 24.3 Å². The van der Waals surface area contributed by atoms with Gasteiger partial charge < -0.3 is 15.7 Å². The molecule has 0 saturated heterocycles. The molecule has 1 aromatic heterocycles. The smallest absolute Gasteiger partial charge is 0.222 e. The van der Waals surface area contributed by atoms with E-state index in [2.05, 4.69) is 10.6 Å². The van der Waals surface area contributed by atoms with Crippen molar-refractivity contribution < 1.29 is 14.7 Å². The molecule has 3 N–H and O–H groups in total. The molecule has 118 valence electrons. The van der Waals surface area contributed by atoms with Gasteiger partial charge in [-0.15, -0.1) is 11.3 Å². The highest BCUT2D eigenvalue weighted by Gasteiger charge is 2.36. The minimum absolute atomic E-state index is 0.138. The molecular weight excluding hydrogens is 288 g/mol. The third-order valence-corrected chi connectivity index (χ3v) is 4.62. The van der Waals surface area contributed by atoms with Crippen LogP contribution in [0, 0.1) is 0 Å². The number of nitrogens with one attached hydrogen (secondary N) is 2. The lowest BCUT2D eigenvalue weighted by atomic mass is 9.86. The van der Waals surface area contributed by atoms with Crippen LogP contribution in [-0.2, 0) is 9.59 Å². The molecular formula is C15H24N2O3S. The Kier molecular flexibility index (Phi) is 5.53. The minimum atomic E-state index is -1.05. The number of thiophene rings is 1. The van der Waals surface area contributed by atoms with E-state index in [1.807, 2.05) is 17.5 Å². The average molecular weight is 312 g/mol. The Balaban J connectivity index is 2.76. The molecule has 1 heterocycles. The third-order valence-electron chi connectivity index (χ3n) is 3.64. The second-order valence-corrected chi connectivity index (χ2v) is 7.18. The zero-order chi connectivity index (χ0) is 16.3. The molecule has 21 heavy (non-hydrogen) atoms. The van der Waals surface area contributed by atoms with Gasteiger partial charge in [0.05, 0.1) is 23.6 Å². The van der Waals surface area contributed by atoms with Crippen molar-refractivity contribution in [2.75, 3.05) is 0 Å². The lowest BCUT2D eigenvalue weighted by molar-refractivity contribution is -0.127. The zero-order valence-electron chi connectivity index (χ0n) is 13.2. The molecule has 0 aliphatic heterocycles. The number of carbonyl (C=O) groups excluding carboxylic acids is 2. The maximum absolute atomic E-state index is 12.2. The fraction of sp³-hybridized carbons (Fsp3) is 0.600. The molecule has 1 unspecified atom stereocenters. The first-order valence-electron chi connectivity index (χ1n) is 6.87. The maximum atomic E-state index is 12.2. The minimum Gasteiger partial charge on any atom is -0.388 e. The standard InChI is InChI=1S/C15H24N2O3S/c1-10(18)16-11(12-7-6-8-21-12)9-13(19)17-14(2,3)15(4,5)20/h6-8,11,20H,9H2,1-5H3,(H,16,18)(H,17,19). The summed E-state index contributed by atoms with van der Waals surface area (Å²) in [7, 11) is 0. The summed E-state index contributed by atoms with van der Waals surface area (Å²) in [6.07, 6.45) is 0.138. The van der Waals surface area contributed by atoms with E-state index < -0.39 is 11.1 Å². The van der Waals surface area contributed by atoms with Crippen molar-refractivity contribution in [3.05, 3.63) is 22.4 Å². The summed E-state index contributed by atoms with van der Waals surface area (Å²) in [6.45, 7) is 8.27. The summed E-state index contributed by atoms with van der Waals surface area (Å²) in [5.41, 5.74) is -1.81. The van der Waals surface area contributed by atoms with E-state index in [9.17, 15) is 14.7 Å². The van der Waals surface area contributed by atoms with Gasteiger partial charge in [-0.2, -0.15) is 0 Å². The number of hydrogen-bond donors (Lipinski definition) is 3. The molecule has 0 aromatic carbocycles. The van der Waals surface area contributed by atoms with Crippen LogP contribution in [0.4, 0.5) is 0 Å². The van der Waals surface area contributed by atoms with Gasteiger partial charge in [0.25, 0.3) is 0 Å². The first kappa shape index (κ1) is 17.7. The fourth-order valence-corrected chi connectivity index (χ4v) is 2.47. The highest BCUT2D eigenvalue weighted by Crippen LogP contribution is 2.24.